The predicted octanol–water partition coefficient (Wildman–Crippen LogP) is -0.595. The molecular formula is C13H17N5O3S. The molecule has 118 valence electrons. The number of nitrogens with two attached hydrogens (primary N) is 1. The van der Waals surface area contributed by atoms with Gasteiger partial charge in [-0.1, -0.05) is 11.8 Å². The van der Waals surface area contributed by atoms with Crippen LogP contribution in [0.4, 0.5) is 5.82 Å². The predicted molar refractivity (Wildman–Crippen MR) is 80.2 cm³/mol. The van der Waals surface area contributed by atoms with Gasteiger partial charge in [0.05, 0.1) is 25.1 Å². The fourth-order valence-corrected chi connectivity index (χ4v) is 4.14. The lowest BCUT2D eigenvalue weighted by atomic mass is 10.0. The fourth-order valence-electron chi connectivity index (χ4n) is 3.78. The number of aliphatic hydroxyl groups is 3. The molecule has 0 bridgehead atoms. The van der Waals surface area contributed by atoms with Crippen LogP contribution in [0.25, 0.3) is 11.2 Å². The molecule has 22 heavy (non-hydrogen) atoms. The Labute approximate surface area is 130 Å². The summed E-state index contributed by atoms with van der Waals surface area (Å²) in [6.07, 6.45) is 2.21. The zero-order valence-electron chi connectivity index (χ0n) is 11.9. The minimum Gasteiger partial charge on any atom is -0.396 e. The molecule has 0 aliphatic heterocycles. The smallest absolute Gasteiger partial charge is 0.191 e. The highest BCUT2D eigenvalue weighted by atomic mass is 32.2. The van der Waals surface area contributed by atoms with Crippen LogP contribution < -0.4 is 5.73 Å². The van der Waals surface area contributed by atoms with Crippen molar-refractivity contribution < 1.29 is 15.3 Å². The monoisotopic (exact) mass is 323 g/mol. The van der Waals surface area contributed by atoms with Crippen LogP contribution in [0.5, 0.6) is 0 Å². The molecule has 0 saturated heterocycles. The van der Waals surface area contributed by atoms with Gasteiger partial charge >= 0.3 is 0 Å². The van der Waals surface area contributed by atoms with E-state index < -0.39 is 17.6 Å². The Balaban J connectivity index is 1.84. The summed E-state index contributed by atoms with van der Waals surface area (Å²) in [7, 11) is 0. The second-order valence-corrected chi connectivity index (χ2v) is 6.82. The number of anilines is 1. The molecule has 2 aromatic heterocycles. The van der Waals surface area contributed by atoms with Crippen LogP contribution in [-0.2, 0) is 0 Å². The van der Waals surface area contributed by atoms with E-state index in [4.69, 9.17) is 5.73 Å². The van der Waals surface area contributed by atoms with Gasteiger partial charge in [0.25, 0.3) is 0 Å². The van der Waals surface area contributed by atoms with E-state index in [1.807, 2.05) is 6.26 Å². The van der Waals surface area contributed by atoms with E-state index in [1.165, 1.54) is 11.8 Å². The molecule has 2 heterocycles. The summed E-state index contributed by atoms with van der Waals surface area (Å²) in [5, 5.41) is 30.7. The summed E-state index contributed by atoms with van der Waals surface area (Å²) in [6, 6.07) is -0.365. The third-order valence-electron chi connectivity index (χ3n) is 5.08. The number of fused-ring (bicyclic) bond motifs is 2. The Morgan fingerprint density at radius 2 is 2.23 bits per heavy atom. The Bertz CT molecular complexity index is 753. The van der Waals surface area contributed by atoms with Gasteiger partial charge in [0.2, 0.25) is 0 Å². The van der Waals surface area contributed by atoms with E-state index in [0.29, 0.717) is 28.6 Å². The van der Waals surface area contributed by atoms with E-state index in [0.717, 1.165) is 0 Å². The van der Waals surface area contributed by atoms with Crippen LogP contribution in [0.2, 0.25) is 0 Å². The highest BCUT2D eigenvalue weighted by molar-refractivity contribution is 7.98. The topological polar surface area (TPSA) is 130 Å². The van der Waals surface area contributed by atoms with Crippen LogP contribution in [0, 0.1) is 11.3 Å². The quantitative estimate of drug-likeness (QED) is 0.435. The van der Waals surface area contributed by atoms with Gasteiger partial charge in [-0.15, -0.1) is 0 Å². The number of nitrogens with zero attached hydrogens (tertiary/aromatic N) is 4. The molecule has 2 saturated carbocycles. The second-order valence-electron chi connectivity index (χ2n) is 6.05. The van der Waals surface area contributed by atoms with Crippen molar-refractivity contribution in [3.63, 3.8) is 0 Å². The van der Waals surface area contributed by atoms with Crippen molar-refractivity contribution >= 4 is 28.7 Å². The van der Waals surface area contributed by atoms with Crippen molar-refractivity contribution in [2.75, 3.05) is 18.6 Å². The summed E-state index contributed by atoms with van der Waals surface area (Å²) in [6.45, 7) is -0.133. The van der Waals surface area contributed by atoms with Crippen LogP contribution in [0.3, 0.4) is 0 Å². The summed E-state index contributed by atoms with van der Waals surface area (Å²) in [5.41, 5.74) is 6.35. The normalized spacial score (nSPS) is 36.7. The van der Waals surface area contributed by atoms with Crippen LogP contribution in [-0.4, -0.2) is 59.9 Å². The molecule has 2 aliphatic rings. The maximum Gasteiger partial charge on any atom is 0.191 e. The van der Waals surface area contributed by atoms with Crippen molar-refractivity contribution in [3.8, 4) is 0 Å². The largest absolute Gasteiger partial charge is 0.396 e. The molecule has 2 aliphatic carbocycles. The SMILES string of the molecule is CSc1nc(N)c2ncn(C3[C@H]4C[C@@]4(CO)[C@@H](O)[C@H]3O)c2n1. The molecule has 0 radical (unpaired) electrons. The second kappa shape index (κ2) is 4.54. The molecule has 0 amide bonds. The van der Waals surface area contributed by atoms with Crippen molar-refractivity contribution in [1.82, 2.24) is 19.5 Å². The lowest BCUT2D eigenvalue weighted by molar-refractivity contribution is -0.0300. The third-order valence-corrected chi connectivity index (χ3v) is 5.63. The first kappa shape index (κ1) is 14.2. The van der Waals surface area contributed by atoms with Crippen molar-refractivity contribution in [1.29, 1.82) is 0 Å². The molecule has 0 aromatic carbocycles. The molecule has 4 rings (SSSR count). The minimum absolute atomic E-state index is 0.00817. The minimum atomic E-state index is -0.961. The van der Waals surface area contributed by atoms with E-state index >= 15 is 0 Å². The van der Waals surface area contributed by atoms with E-state index in [-0.39, 0.29) is 18.6 Å². The number of hydrogen-bond acceptors (Lipinski definition) is 8. The van der Waals surface area contributed by atoms with Gasteiger partial charge in [-0.2, -0.15) is 0 Å². The lowest BCUT2D eigenvalue weighted by Gasteiger charge is -2.23. The highest BCUT2D eigenvalue weighted by Gasteiger charge is 2.71. The zero-order valence-corrected chi connectivity index (χ0v) is 12.7. The van der Waals surface area contributed by atoms with Crippen molar-refractivity contribution in [3.05, 3.63) is 6.33 Å². The molecule has 8 nitrogen and oxygen atoms in total. The zero-order chi connectivity index (χ0) is 15.6. The van der Waals surface area contributed by atoms with Gasteiger partial charge in [-0.25, -0.2) is 15.0 Å². The Hall–Kier alpha value is -1.42. The van der Waals surface area contributed by atoms with Gasteiger partial charge in [0.1, 0.15) is 11.6 Å². The number of nitrogen functional groups attached to an aromatic ring is 1. The summed E-state index contributed by atoms with van der Waals surface area (Å²) >= 11 is 1.37. The first-order chi connectivity index (χ1) is 10.5. The molecule has 2 fully saturated rings. The van der Waals surface area contributed by atoms with E-state index in [1.54, 1.807) is 10.9 Å². The molecule has 1 unspecified atom stereocenters. The molecular weight excluding hydrogens is 306 g/mol. The van der Waals surface area contributed by atoms with Crippen LogP contribution in [0.1, 0.15) is 12.5 Å². The van der Waals surface area contributed by atoms with Gasteiger partial charge in [0, 0.05) is 5.41 Å². The van der Waals surface area contributed by atoms with Crippen LogP contribution in [0.15, 0.2) is 11.5 Å². The number of thioether (sulfide) groups is 1. The van der Waals surface area contributed by atoms with Crippen LogP contribution >= 0.6 is 11.8 Å². The summed E-state index contributed by atoms with van der Waals surface area (Å²) in [4.78, 5) is 12.8. The number of aromatic nitrogens is 4. The molecule has 5 atom stereocenters. The average molecular weight is 323 g/mol. The molecule has 2 aromatic rings. The highest BCUT2D eigenvalue weighted by Crippen LogP contribution is 2.67. The van der Waals surface area contributed by atoms with E-state index in [9.17, 15) is 15.3 Å². The number of rotatable bonds is 3. The maximum absolute atomic E-state index is 10.4. The Kier molecular flexibility index (Phi) is 2.93. The Morgan fingerprint density at radius 1 is 1.45 bits per heavy atom. The fraction of sp³-hybridized carbons (Fsp3) is 0.615. The number of hydrogen-bond donors (Lipinski definition) is 4. The van der Waals surface area contributed by atoms with Gasteiger partial charge in [-0.05, 0) is 18.6 Å². The van der Waals surface area contributed by atoms with Gasteiger partial charge in [0.15, 0.2) is 16.6 Å². The Morgan fingerprint density at radius 3 is 2.86 bits per heavy atom. The summed E-state index contributed by atoms with van der Waals surface area (Å²) < 4.78 is 1.76. The maximum atomic E-state index is 10.4. The summed E-state index contributed by atoms with van der Waals surface area (Å²) in [5.74, 6) is 0.305. The number of imidazole rings is 1. The molecule has 9 heteroatoms. The molecule has 5 N–H and O–H groups in total. The van der Waals surface area contributed by atoms with Crippen molar-refractivity contribution in [2.45, 2.75) is 29.8 Å². The third kappa shape index (κ3) is 1.62. The standard InChI is InChI=1S/C13H17N5O3S/c1-22-12-16-10(14)6-11(17-12)18(4-15-6)7-5-2-13(5,3-19)9(21)8(7)20/h4-5,7-9,19-21H,2-3H2,1H3,(H2,14,16,17)/t5-,7?,8+,9+,13+/m1/s1. The molecule has 0 spiro atoms. The lowest BCUT2D eigenvalue weighted by Crippen LogP contribution is -2.35. The number of aliphatic hydroxyl groups excluding tert-OH is 3. The first-order valence-corrected chi connectivity index (χ1v) is 8.27. The van der Waals surface area contributed by atoms with Crippen molar-refractivity contribution in [2.24, 2.45) is 11.3 Å². The van der Waals surface area contributed by atoms with Gasteiger partial charge in [-0.3, -0.25) is 0 Å². The average Bonchev–Trinajstić information content (AvgIpc) is 3.03. The van der Waals surface area contributed by atoms with E-state index in [2.05, 4.69) is 15.0 Å². The van der Waals surface area contributed by atoms with Gasteiger partial charge < -0.3 is 25.6 Å². The first-order valence-electron chi connectivity index (χ1n) is 7.04.